The van der Waals surface area contributed by atoms with Crippen LogP contribution in [0.15, 0.2) is 0 Å². The number of carbonyl (C=O) groups is 1. The van der Waals surface area contributed by atoms with Gasteiger partial charge >= 0.3 is 5.97 Å². The van der Waals surface area contributed by atoms with Crippen molar-refractivity contribution in [2.24, 2.45) is 5.41 Å². The molecule has 0 aliphatic heterocycles. The smallest absolute Gasteiger partial charge is 0.305 e. The molecule has 0 amide bonds. The van der Waals surface area contributed by atoms with Gasteiger partial charge in [0.15, 0.2) is 0 Å². The van der Waals surface area contributed by atoms with E-state index >= 15 is 0 Å². The second-order valence-electron chi connectivity index (χ2n) is 4.64. The molecule has 0 heterocycles. The molecule has 0 fully saturated rings. The molecular weight excluding hydrogens is 216 g/mol. The molecule has 0 aliphatic carbocycles. The second kappa shape index (κ2) is 6.95. The van der Waals surface area contributed by atoms with Crippen LogP contribution in [0.5, 0.6) is 0 Å². The lowest BCUT2D eigenvalue weighted by atomic mass is 9.93. The maximum atomic E-state index is 11.1. The predicted octanol–water partition coefficient (Wildman–Crippen LogP) is 1.63. The fraction of sp³-hybridized carbons (Fsp3) is 0.900. The lowest BCUT2D eigenvalue weighted by molar-refractivity contribution is -0.144. The van der Waals surface area contributed by atoms with Crippen molar-refractivity contribution in [1.82, 2.24) is 0 Å². The molecule has 90 valence electrons. The molecule has 0 spiro atoms. The van der Waals surface area contributed by atoms with Crippen molar-refractivity contribution in [2.75, 3.05) is 12.4 Å². The summed E-state index contributed by atoms with van der Waals surface area (Å²) in [5.41, 5.74) is 0.150. The van der Waals surface area contributed by atoms with Crippen molar-refractivity contribution in [3.8, 4) is 0 Å². The maximum absolute atomic E-state index is 11.1. The number of ether oxygens (including phenoxy) is 1. The zero-order valence-electron chi connectivity index (χ0n) is 9.58. The molecule has 0 aromatic heterocycles. The summed E-state index contributed by atoms with van der Waals surface area (Å²) in [6, 6.07) is 0. The van der Waals surface area contributed by atoms with Gasteiger partial charge in [0.05, 0.1) is 6.61 Å². The molecule has 5 heteroatoms. The molecule has 0 saturated carbocycles. The first kappa shape index (κ1) is 14.6. The lowest BCUT2D eigenvalue weighted by Crippen LogP contribution is -2.13. The third-order valence-corrected chi connectivity index (χ3v) is 2.43. The van der Waals surface area contributed by atoms with Crippen LogP contribution in [0.25, 0.3) is 0 Å². The summed E-state index contributed by atoms with van der Waals surface area (Å²) in [5, 5.41) is 0. The number of hydrogen-bond donors (Lipinski definition) is 0. The van der Waals surface area contributed by atoms with E-state index in [1.165, 1.54) is 0 Å². The standard InChI is InChI=1S/C10H20O4S/c1-10(2,3)6-7-14-9(11)5-4-8-15(12)13/h4-8H2,1-3H3,(H,12,13)/p-1. The Morgan fingerprint density at radius 1 is 1.40 bits per heavy atom. The molecule has 0 aromatic rings. The van der Waals surface area contributed by atoms with E-state index in [4.69, 9.17) is 4.74 Å². The van der Waals surface area contributed by atoms with Crippen molar-refractivity contribution in [2.45, 2.75) is 40.0 Å². The summed E-state index contributed by atoms with van der Waals surface area (Å²) in [5.74, 6) is -0.293. The minimum Gasteiger partial charge on any atom is -0.772 e. The van der Waals surface area contributed by atoms with Gasteiger partial charge in [-0.15, -0.1) is 0 Å². The molecule has 0 bridgehead atoms. The molecule has 0 N–H and O–H groups in total. The van der Waals surface area contributed by atoms with Crippen LogP contribution in [0.2, 0.25) is 0 Å². The van der Waals surface area contributed by atoms with Gasteiger partial charge < -0.3 is 9.29 Å². The Bertz CT molecular complexity index is 220. The average molecular weight is 235 g/mol. The Morgan fingerprint density at radius 3 is 2.47 bits per heavy atom. The minimum absolute atomic E-state index is 0.0222. The summed E-state index contributed by atoms with van der Waals surface area (Å²) in [6.07, 6.45) is 1.33. The van der Waals surface area contributed by atoms with Crippen LogP contribution in [0, 0.1) is 5.41 Å². The number of hydrogen-bond acceptors (Lipinski definition) is 4. The Hall–Kier alpha value is -0.420. The largest absolute Gasteiger partial charge is 0.772 e. The van der Waals surface area contributed by atoms with Crippen LogP contribution >= 0.6 is 0 Å². The van der Waals surface area contributed by atoms with Crippen molar-refractivity contribution < 1.29 is 18.3 Å². The summed E-state index contributed by atoms with van der Waals surface area (Å²) in [7, 11) is 0. The fourth-order valence-electron chi connectivity index (χ4n) is 0.878. The highest BCUT2D eigenvalue weighted by Crippen LogP contribution is 2.18. The van der Waals surface area contributed by atoms with Crippen LogP contribution in [0.4, 0.5) is 0 Å². The first-order chi connectivity index (χ1) is 6.81. The topological polar surface area (TPSA) is 66.4 Å². The van der Waals surface area contributed by atoms with E-state index < -0.39 is 11.1 Å². The Labute approximate surface area is 93.7 Å². The maximum Gasteiger partial charge on any atom is 0.305 e. The van der Waals surface area contributed by atoms with Crippen molar-refractivity contribution in [3.63, 3.8) is 0 Å². The van der Waals surface area contributed by atoms with Crippen LogP contribution < -0.4 is 0 Å². The predicted molar refractivity (Wildman–Crippen MR) is 58.1 cm³/mol. The van der Waals surface area contributed by atoms with Gasteiger partial charge in [0.2, 0.25) is 0 Å². The average Bonchev–Trinajstić information content (AvgIpc) is 2.00. The Kier molecular flexibility index (Phi) is 6.76. The molecule has 0 saturated heterocycles. The third-order valence-electron chi connectivity index (χ3n) is 1.81. The van der Waals surface area contributed by atoms with E-state index in [1.807, 2.05) is 0 Å². The first-order valence-corrected chi connectivity index (χ1v) is 6.27. The van der Waals surface area contributed by atoms with Gasteiger partial charge in [-0.1, -0.05) is 31.9 Å². The number of carbonyl (C=O) groups excluding carboxylic acids is 1. The van der Waals surface area contributed by atoms with Crippen molar-refractivity contribution in [1.29, 1.82) is 0 Å². The zero-order valence-corrected chi connectivity index (χ0v) is 10.4. The first-order valence-electron chi connectivity index (χ1n) is 5.03. The minimum atomic E-state index is -2.06. The molecule has 15 heavy (non-hydrogen) atoms. The van der Waals surface area contributed by atoms with Crippen molar-refractivity contribution >= 4 is 17.0 Å². The highest BCUT2D eigenvalue weighted by Gasteiger charge is 2.11. The lowest BCUT2D eigenvalue weighted by Gasteiger charge is -2.17. The van der Waals surface area contributed by atoms with E-state index in [-0.39, 0.29) is 23.6 Å². The van der Waals surface area contributed by atoms with Gasteiger partial charge in [-0.2, -0.15) is 0 Å². The quantitative estimate of drug-likeness (QED) is 0.518. The van der Waals surface area contributed by atoms with Crippen molar-refractivity contribution in [3.05, 3.63) is 0 Å². The molecule has 0 aliphatic rings. The second-order valence-corrected chi connectivity index (χ2v) is 5.66. The molecule has 4 nitrogen and oxygen atoms in total. The summed E-state index contributed by atoms with van der Waals surface area (Å²) < 4.78 is 25.3. The van der Waals surface area contributed by atoms with E-state index in [0.29, 0.717) is 13.0 Å². The van der Waals surface area contributed by atoms with Gasteiger partial charge in [-0.25, -0.2) is 0 Å². The van der Waals surface area contributed by atoms with E-state index in [1.54, 1.807) is 0 Å². The SMILES string of the molecule is CC(C)(C)CCOC(=O)CCCS(=O)[O-]. The highest BCUT2D eigenvalue weighted by molar-refractivity contribution is 7.79. The molecule has 0 aromatic carbocycles. The highest BCUT2D eigenvalue weighted by atomic mass is 32.2. The Balaban J connectivity index is 3.46. The number of rotatable bonds is 6. The van der Waals surface area contributed by atoms with E-state index in [0.717, 1.165) is 6.42 Å². The molecular formula is C10H19O4S-. The monoisotopic (exact) mass is 235 g/mol. The third kappa shape index (κ3) is 11.5. The normalized spacial score (nSPS) is 13.6. The van der Waals surface area contributed by atoms with E-state index in [9.17, 15) is 13.6 Å². The molecule has 1 atom stereocenters. The van der Waals surface area contributed by atoms with Gasteiger partial charge in [-0.3, -0.25) is 9.00 Å². The number of esters is 1. The van der Waals surface area contributed by atoms with Crippen LogP contribution in [-0.2, 0) is 20.6 Å². The fourth-order valence-corrected chi connectivity index (χ4v) is 1.26. The van der Waals surface area contributed by atoms with Gasteiger partial charge in [0, 0.05) is 12.2 Å². The molecule has 1 unspecified atom stereocenters. The van der Waals surface area contributed by atoms with E-state index in [2.05, 4.69) is 20.8 Å². The van der Waals surface area contributed by atoms with Gasteiger partial charge in [0.1, 0.15) is 0 Å². The zero-order chi connectivity index (χ0) is 11.9. The summed E-state index contributed by atoms with van der Waals surface area (Å²) >= 11 is -2.06. The molecule has 0 radical (unpaired) electrons. The van der Waals surface area contributed by atoms with Crippen LogP contribution in [-0.4, -0.2) is 27.1 Å². The Morgan fingerprint density at radius 2 is 2.00 bits per heavy atom. The van der Waals surface area contributed by atoms with Crippen LogP contribution in [0.3, 0.4) is 0 Å². The summed E-state index contributed by atoms with van der Waals surface area (Å²) in [6.45, 7) is 6.62. The summed E-state index contributed by atoms with van der Waals surface area (Å²) in [4.78, 5) is 11.1. The van der Waals surface area contributed by atoms with Gasteiger partial charge in [-0.05, 0) is 18.3 Å². The molecule has 0 rings (SSSR count). The van der Waals surface area contributed by atoms with Gasteiger partial charge in [0.25, 0.3) is 0 Å². The van der Waals surface area contributed by atoms with Crippen LogP contribution in [0.1, 0.15) is 40.0 Å².